The van der Waals surface area contributed by atoms with Gasteiger partial charge in [0.15, 0.2) is 5.13 Å². The van der Waals surface area contributed by atoms with E-state index in [0.29, 0.717) is 6.04 Å². The highest BCUT2D eigenvalue weighted by Gasteiger charge is 2.24. The maximum Gasteiger partial charge on any atom is 0.267 e. The molecule has 1 aliphatic carbocycles. The van der Waals surface area contributed by atoms with Crippen LogP contribution in [0.25, 0.3) is 0 Å². The fourth-order valence-electron chi connectivity index (χ4n) is 2.72. The largest absolute Gasteiger partial charge is 0.359 e. The Morgan fingerprint density at radius 3 is 2.80 bits per heavy atom. The Hall–Kier alpha value is -1.69. The van der Waals surface area contributed by atoms with E-state index >= 15 is 0 Å². The van der Waals surface area contributed by atoms with Gasteiger partial charge in [0.05, 0.1) is 11.7 Å². The number of nitrogens with one attached hydrogen (secondary N) is 1. The molecule has 20 heavy (non-hydrogen) atoms. The van der Waals surface area contributed by atoms with E-state index < -0.39 is 0 Å². The van der Waals surface area contributed by atoms with Gasteiger partial charge < -0.3 is 5.32 Å². The van der Waals surface area contributed by atoms with Crippen LogP contribution in [-0.4, -0.2) is 20.8 Å². The number of aromatic nitrogens is 3. The summed E-state index contributed by atoms with van der Waals surface area (Å²) in [5, 5.41) is 10.8. The van der Waals surface area contributed by atoms with Gasteiger partial charge in [-0.05, 0) is 38.7 Å². The predicted molar refractivity (Wildman–Crippen MR) is 80.3 cm³/mol. The maximum atomic E-state index is 11.9. The molecule has 106 valence electrons. The van der Waals surface area contributed by atoms with E-state index in [-0.39, 0.29) is 11.6 Å². The third-order valence-electron chi connectivity index (χ3n) is 3.76. The van der Waals surface area contributed by atoms with E-state index in [1.165, 1.54) is 0 Å². The Labute approximate surface area is 121 Å². The van der Waals surface area contributed by atoms with Crippen LogP contribution in [-0.2, 0) is 0 Å². The first-order chi connectivity index (χ1) is 9.72. The summed E-state index contributed by atoms with van der Waals surface area (Å²) in [6, 6.07) is 4.08. The fraction of sp³-hybridized carbons (Fsp3) is 0.500. The second kappa shape index (κ2) is 5.75. The molecule has 1 aliphatic rings. The first-order valence-electron chi connectivity index (χ1n) is 6.95. The highest BCUT2D eigenvalue weighted by Crippen LogP contribution is 2.29. The molecular weight excluding hydrogens is 272 g/mol. The number of hydrogen-bond donors (Lipinski definition) is 1. The molecule has 0 aromatic carbocycles. The average Bonchev–Trinajstić information content (AvgIpc) is 2.95. The predicted octanol–water partition coefficient (Wildman–Crippen LogP) is 2.60. The molecule has 5 nitrogen and oxygen atoms in total. The summed E-state index contributed by atoms with van der Waals surface area (Å²) in [5.41, 5.74) is 0.902. The van der Waals surface area contributed by atoms with E-state index in [9.17, 15) is 4.79 Å². The van der Waals surface area contributed by atoms with Gasteiger partial charge in [-0.15, -0.1) is 11.3 Å². The van der Waals surface area contributed by atoms with Gasteiger partial charge in [-0.1, -0.05) is 0 Å². The van der Waals surface area contributed by atoms with Crippen LogP contribution >= 0.6 is 11.3 Å². The minimum absolute atomic E-state index is 0.00642. The molecule has 2 heterocycles. The first kappa shape index (κ1) is 13.3. The third kappa shape index (κ3) is 2.90. The van der Waals surface area contributed by atoms with Crippen molar-refractivity contribution in [2.45, 2.75) is 44.7 Å². The van der Waals surface area contributed by atoms with Crippen LogP contribution in [0, 0.1) is 6.92 Å². The van der Waals surface area contributed by atoms with Gasteiger partial charge >= 0.3 is 0 Å². The lowest BCUT2D eigenvalue weighted by molar-refractivity contribution is 0.302. The molecule has 2 aromatic heterocycles. The van der Waals surface area contributed by atoms with Gasteiger partial charge in [0.25, 0.3) is 5.56 Å². The Kier molecular flexibility index (Phi) is 3.82. The summed E-state index contributed by atoms with van der Waals surface area (Å²) in [6.45, 7) is 1.92. The molecule has 1 saturated carbocycles. The average molecular weight is 290 g/mol. The lowest BCUT2D eigenvalue weighted by Gasteiger charge is -2.29. The molecular formula is C14H18N4OS. The molecule has 0 spiro atoms. The van der Waals surface area contributed by atoms with Crippen LogP contribution in [0.4, 0.5) is 5.13 Å². The molecule has 3 rings (SSSR count). The lowest BCUT2D eigenvalue weighted by Crippen LogP contribution is -2.33. The second-order valence-electron chi connectivity index (χ2n) is 5.24. The monoisotopic (exact) mass is 290 g/mol. The van der Waals surface area contributed by atoms with Crippen LogP contribution in [0.3, 0.4) is 0 Å². The Morgan fingerprint density at radius 1 is 1.30 bits per heavy atom. The van der Waals surface area contributed by atoms with Crippen LogP contribution < -0.4 is 10.9 Å². The summed E-state index contributed by atoms with van der Waals surface area (Å²) in [7, 11) is 0. The molecule has 2 aromatic rings. The van der Waals surface area contributed by atoms with Crippen molar-refractivity contribution in [2.75, 3.05) is 5.32 Å². The highest BCUT2D eigenvalue weighted by atomic mass is 32.1. The SMILES string of the molecule is Cc1ccc(=O)n(C2CCC(Nc3nccs3)CC2)n1. The van der Waals surface area contributed by atoms with Crippen LogP contribution in [0.5, 0.6) is 0 Å². The molecule has 0 atom stereocenters. The maximum absolute atomic E-state index is 11.9. The zero-order valence-electron chi connectivity index (χ0n) is 11.5. The zero-order chi connectivity index (χ0) is 13.9. The number of aryl methyl sites for hydroxylation is 1. The zero-order valence-corrected chi connectivity index (χ0v) is 12.3. The van der Waals surface area contributed by atoms with Crippen LogP contribution in [0.2, 0.25) is 0 Å². The van der Waals surface area contributed by atoms with Crippen molar-refractivity contribution >= 4 is 16.5 Å². The molecule has 0 aliphatic heterocycles. The summed E-state index contributed by atoms with van der Waals surface area (Å²) >= 11 is 1.63. The summed E-state index contributed by atoms with van der Waals surface area (Å²) in [4.78, 5) is 16.1. The van der Waals surface area contributed by atoms with E-state index in [2.05, 4.69) is 15.4 Å². The smallest absolute Gasteiger partial charge is 0.267 e. The minimum atomic E-state index is 0.00642. The highest BCUT2D eigenvalue weighted by molar-refractivity contribution is 7.13. The molecule has 0 radical (unpaired) electrons. The van der Waals surface area contributed by atoms with Crippen molar-refractivity contribution in [1.29, 1.82) is 0 Å². The molecule has 1 N–H and O–H groups in total. The van der Waals surface area contributed by atoms with Gasteiger partial charge in [0.2, 0.25) is 0 Å². The third-order valence-corrected chi connectivity index (χ3v) is 4.47. The van der Waals surface area contributed by atoms with Gasteiger partial charge in [0.1, 0.15) is 0 Å². The van der Waals surface area contributed by atoms with Crippen LogP contribution in [0.1, 0.15) is 37.4 Å². The van der Waals surface area contributed by atoms with Crippen molar-refractivity contribution in [3.63, 3.8) is 0 Å². The van der Waals surface area contributed by atoms with E-state index in [1.54, 1.807) is 28.2 Å². The topological polar surface area (TPSA) is 59.8 Å². The van der Waals surface area contributed by atoms with Crippen molar-refractivity contribution < 1.29 is 0 Å². The molecule has 0 amide bonds. The quantitative estimate of drug-likeness (QED) is 0.944. The summed E-state index contributed by atoms with van der Waals surface area (Å²) in [5.74, 6) is 0. The lowest BCUT2D eigenvalue weighted by atomic mass is 9.91. The van der Waals surface area contributed by atoms with Crippen molar-refractivity contribution in [3.05, 3.63) is 39.8 Å². The Morgan fingerprint density at radius 2 is 2.10 bits per heavy atom. The minimum Gasteiger partial charge on any atom is -0.359 e. The summed E-state index contributed by atoms with van der Waals surface area (Å²) < 4.78 is 1.66. The van der Waals surface area contributed by atoms with E-state index in [4.69, 9.17) is 0 Å². The summed E-state index contributed by atoms with van der Waals surface area (Å²) in [6.07, 6.45) is 5.88. The molecule has 0 saturated heterocycles. The van der Waals surface area contributed by atoms with Crippen LogP contribution in [0.15, 0.2) is 28.5 Å². The molecule has 0 bridgehead atoms. The number of thiazole rings is 1. The van der Waals surface area contributed by atoms with E-state index in [1.807, 2.05) is 18.5 Å². The Balaban J connectivity index is 1.63. The molecule has 1 fully saturated rings. The first-order valence-corrected chi connectivity index (χ1v) is 7.83. The number of nitrogens with zero attached hydrogens (tertiary/aromatic N) is 3. The number of hydrogen-bond acceptors (Lipinski definition) is 5. The fourth-order valence-corrected chi connectivity index (χ4v) is 3.32. The standard InChI is InChI=1S/C14H18N4OS/c1-10-2-7-13(19)18(17-10)12-5-3-11(4-6-12)16-14-15-8-9-20-14/h2,7-9,11-12H,3-6H2,1H3,(H,15,16). The van der Waals surface area contributed by atoms with Gasteiger partial charge in [0, 0.05) is 23.7 Å². The van der Waals surface area contributed by atoms with Crippen molar-refractivity contribution in [2.24, 2.45) is 0 Å². The van der Waals surface area contributed by atoms with E-state index in [0.717, 1.165) is 36.5 Å². The van der Waals surface area contributed by atoms with Gasteiger partial charge in [-0.2, -0.15) is 5.10 Å². The van der Waals surface area contributed by atoms with Crippen molar-refractivity contribution in [3.8, 4) is 0 Å². The second-order valence-corrected chi connectivity index (χ2v) is 6.14. The number of anilines is 1. The normalized spacial score (nSPS) is 22.6. The van der Waals surface area contributed by atoms with Gasteiger partial charge in [-0.25, -0.2) is 9.67 Å². The number of rotatable bonds is 3. The molecule has 6 heteroatoms. The Bertz CT molecular complexity index is 614. The van der Waals surface area contributed by atoms with Crippen molar-refractivity contribution in [1.82, 2.24) is 14.8 Å². The molecule has 0 unspecified atom stereocenters. The van der Waals surface area contributed by atoms with Gasteiger partial charge in [-0.3, -0.25) is 4.79 Å².